The van der Waals surface area contributed by atoms with Gasteiger partial charge in [-0.1, -0.05) is 24.3 Å². The zero-order valence-corrected chi connectivity index (χ0v) is 13.8. The van der Waals surface area contributed by atoms with Gasteiger partial charge in [-0.15, -0.1) is 23.5 Å². The second kappa shape index (κ2) is 8.52. The fourth-order valence-electron chi connectivity index (χ4n) is 1.87. The molecule has 2 rings (SSSR count). The van der Waals surface area contributed by atoms with Crippen molar-refractivity contribution in [3.05, 3.63) is 59.7 Å². The van der Waals surface area contributed by atoms with Gasteiger partial charge < -0.3 is 5.32 Å². The smallest absolute Gasteiger partial charge is 0.234 e. The van der Waals surface area contributed by atoms with Crippen LogP contribution in [-0.2, 0) is 10.5 Å². The number of anilines is 1. The first-order valence-electron chi connectivity index (χ1n) is 6.72. The van der Waals surface area contributed by atoms with E-state index in [9.17, 15) is 4.79 Å². The van der Waals surface area contributed by atoms with Gasteiger partial charge in [-0.25, -0.2) is 0 Å². The molecule has 0 saturated heterocycles. The minimum absolute atomic E-state index is 0.000134. The summed E-state index contributed by atoms with van der Waals surface area (Å²) in [5.74, 6) is 1.16. The second-order valence-corrected chi connectivity index (χ2v) is 6.38. The van der Waals surface area contributed by atoms with E-state index in [1.165, 1.54) is 0 Å². The third kappa shape index (κ3) is 4.83. The average molecular weight is 328 g/mol. The van der Waals surface area contributed by atoms with E-state index in [0.29, 0.717) is 11.3 Å². The summed E-state index contributed by atoms with van der Waals surface area (Å²) in [6.07, 6.45) is 1.99. The third-order valence-corrected chi connectivity index (χ3v) is 4.77. The Bertz CT molecular complexity index is 678. The number of rotatable bonds is 6. The molecule has 0 fully saturated rings. The van der Waals surface area contributed by atoms with E-state index in [-0.39, 0.29) is 5.91 Å². The van der Waals surface area contributed by atoms with Crippen LogP contribution in [0.3, 0.4) is 0 Å². The van der Waals surface area contributed by atoms with Gasteiger partial charge in [0.25, 0.3) is 0 Å². The van der Waals surface area contributed by atoms with Crippen molar-refractivity contribution in [2.45, 2.75) is 10.6 Å². The van der Waals surface area contributed by atoms with Crippen molar-refractivity contribution >= 4 is 35.1 Å². The summed E-state index contributed by atoms with van der Waals surface area (Å²) in [5.41, 5.74) is 2.63. The molecule has 5 heteroatoms. The van der Waals surface area contributed by atoms with Crippen LogP contribution in [0.15, 0.2) is 53.4 Å². The van der Waals surface area contributed by atoms with Crippen LogP contribution < -0.4 is 5.32 Å². The number of hydrogen-bond donors (Lipinski definition) is 1. The zero-order valence-electron chi connectivity index (χ0n) is 12.2. The van der Waals surface area contributed by atoms with Crippen molar-refractivity contribution < 1.29 is 4.79 Å². The molecule has 0 bridgehead atoms. The highest BCUT2D eigenvalue weighted by Gasteiger charge is 2.06. The summed E-state index contributed by atoms with van der Waals surface area (Å²) < 4.78 is 0. The number of carbonyl (C=O) groups is 1. The molecule has 22 heavy (non-hydrogen) atoms. The zero-order chi connectivity index (χ0) is 15.8. The van der Waals surface area contributed by atoms with Gasteiger partial charge in [-0.05, 0) is 36.1 Å². The largest absolute Gasteiger partial charge is 0.324 e. The van der Waals surface area contributed by atoms with Crippen molar-refractivity contribution in [3.8, 4) is 6.07 Å². The number of nitrogens with zero attached hydrogens (tertiary/aromatic N) is 1. The van der Waals surface area contributed by atoms with Crippen molar-refractivity contribution in [1.82, 2.24) is 0 Å². The maximum atomic E-state index is 12.0. The number of hydrogen-bond acceptors (Lipinski definition) is 4. The van der Waals surface area contributed by atoms with Gasteiger partial charge >= 0.3 is 0 Å². The van der Waals surface area contributed by atoms with Crippen LogP contribution in [0, 0.1) is 11.3 Å². The number of amides is 1. The summed E-state index contributed by atoms with van der Waals surface area (Å²) in [6.45, 7) is 0. The van der Waals surface area contributed by atoms with Gasteiger partial charge in [0, 0.05) is 10.6 Å². The summed E-state index contributed by atoms with van der Waals surface area (Å²) in [4.78, 5) is 13.0. The van der Waals surface area contributed by atoms with E-state index in [1.54, 1.807) is 35.7 Å². The lowest BCUT2D eigenvalue weighted by Gasteiger charge is -2.09. The Morgan fingerprint density at radius 3 is 2.59 bits per heavy atom. The molecule has 112 valence electrons. The molecular formula is C17H16N2OS2. The molecule has 0 radical (unpaired) electrons. The highest BCUT2D eigenvalue weighted by Crippen LogP contribution is 2.24. The fourth-order valence-corrected chi connectivity index (χ4v) is 3.21. The molecule has 1 N–H and O–H groups in total. The summed E-state index contributed by atoms with van der Waals surface area (Å²) in [6, 6.07) is 17.3. The molecule has 0 heterocycles. The Kier molecular flexibility index (Phi) is 6.38. The molecule has 2 aromatic carbocycles. The van der Waals surface area contributed by atoms with Gasteiger partial charge in [0.05, 0.1) is 23.1 Å². The monoisotopic (exact) mass is 328 g/mol. The van der Waals surface area contributed by atoms with Gasteiger partial charge in [-0.3, -0.25) is 4.79 Å². The second-order valence-electron chi connectivity index (χ2n) is 4.55. The molecule has 0 aliphatic rings. The maximum absolute atomic E-state index is 12.0. The predicted octanol–water partition coefficient (Wildman–Crippen LogP) is 4.15. The van der Waals surface area contributed by atoms with Crippen molar-refractivity contribution in [2.24, 2.45) is 0 Å². The number of nitrogens with one attached hydrogen (secondary N) is 1. The minimum Gasteiger partial charge on any atom is -0.324 e. The molecule has 0 saturated carbocycles. The van der Waals surface area contributed by atoms with E-state index in [1.807, 2.05) is 42.7 Å². The van der Waals surface area contributed by atoms with Gasteiger partial charge in [-0.2, -0.15) is 5.26 Å². The van der Waals surface area contributed by atoms with E-state index in [2.05, 4.69) is 11.4 Å². The minimum atomic E-state index is 0.000134. The quantitative estimate of drug-likeness (QED) is 0.809. The highest BCUT2D eigenvalue weighted by molar-refractivity contribution is 7.99. The van der Waals surface area contributed by atoms with Crippen LogP contribution in [0.5, 0.6) is 0 Å². The summed E-state index contributed by atoms with van der Waals surface area (Å²) in [7, 11) is 0. The maximum Gasteiger partial charge on any atom is 0.234 e. The molecule has 0 spiro atoms. The molecule has 1 amide bonds. The fraction of sp³-hybridized carbons (Fsp3) is 0.176. The number of nitriles is 1. The normalized spacial score (nSPS) is 10.0. The lowest BCUT2D eigenvalue weighted by Crippen LogP contribution is -2.14. The van der Waals surface area contributed by atoms with Crippen LogP contribution in [0.25, 0.3) is 0 Å². The average Bonchev–Trinajstić information content (AvgIpc) is 2.56. The highest BCUT2D eigenvalue weighted by atomic mass is 32.2. The first kappa shape index (κ1) is 16.5. The Hall–Kier alpha value is -1.90. The van der Waals surface area contributed by atoms with Gasteiger partial charge in [0.1, 0.15) is 0 Å². The molecule has 0 aliphatic carbocycles. The molecule has 0 atom stereocenters. The third-order valence-electron chi connectivity index (χ3n) is 2.97. The first-order chi connectivity index (χ1) is 10.7. The SMILES string of the molecule is CSc1ccccc1NC(=O)CSCc1ccc(C#N)cc1. The molecule has 3 nitrogen and oxygen atoms in total. The van der Waals surface area contributed by atoms with Crippen molar-refractivity contribution in [1.29, 1.82) is 5.26 Å². The van der Waals surface area contributed by atoms with Crippen molar-refractivity contribution in [2.75, 3.05) is 17.3 Å². The number of para-hydroxylation sites is 1. The number of thioether (sulfide) groups is 2. The Morgan fingerprint density at radius 1 is 1.18 bits per heavy atom. The molecule has 0 aromatic heterocycles. The van der Waals surface area contributed by atoms with Crippen LogP contribution in [0.1, 0.15) is 11.1 Å². The van der Waals surface area contributed by atoms with E-state index in [0.717, 1.165) is 21.9 Å². The number of carbonyl (C=O) groups excluding carboxylic acids is 1. The Morgan fingerprint density at radius 2 is 1.91 bits per heavy atom. The Balaban J connectivity index is 1.81. The van der Waals surface area contributed by atoms with Crippen molar-refractivity contribution in [3.63, 3.8) is 0 Å². The molecule has 0 aliphatic heterocycles. The molecule has 2 aromatic rings. The van der Waals surface area contributed by atoms with Crippen LogP contribution in [-0.4, -0.2) is 17.9 Å². The first-order valence-corrected chi connectivity index (χ1v) is 9.10. The predicted molar refractivity (Wildman–Crippen MR) is 94.2 cm³/mol. The Labute approximate surface area is 139 Å². The molecule has 0 unspecified atom stereocenters. The standard InChI is InChI=1S/C17H16N2OS2/c1-21-16-5-3-2-4-15(16)19-17(20)12-22-11-14-8-6-13(10-18)7-9-14/h2-9H,11-12H2,1H3,(H,19,20). The summed E-state index contributed by atoms with van der Waals surface area (Å²) in [5, 5.41) is 11.7. The van der Waals surface area contributed by atoms with Gasteiger partial charge in [0.15, 0.2) is 0 Å². The van der Waals surface area contributed by atoms with Gasteiger partial charge in [0.2, 0.25) is 5.91 Å². The lowest BCUT2D eigenvalue weighted by atomic mass is 10.2. The number of benzene rings is 2. The summed E-state index contributed by atoms with van der Waals surface area (Å²) >= 11 is 3.17. The van der Waals surface area contributed by atoms with Crippen LogP contribution in [0.2, 0.25) is 0 Å². The van der Waals surface area contributed by atoms with E-state index in [4.69, 9.17) is 5.26 Å². The molecular weight excluding hydrogens is 312 g/mol. The van der Waals surface area contributed by atoms with E-state index >= 15 is 0 Å². The lowest BCUT2D eigenvalue weighted by molar-refractivity contribution is -0.113. The van der Waals surface area contributed by atoms with E-state index < -0.39 is 0 Å². The van der Waals surface area contributed by atoms with Crippen LogP contribution in [0.4, 0.5) is 5.69 Å². The topological polar surface area (TPSA) is 52.9 Å². The van der Waals surface area contributed by atoms with Crippen LogP contribution >= 0.6 is 23.5 Å².